The van der Waals surface area contributed by atoms with Crippen molar-refractivity contribution in [3.05, 3.63) is 41.5 Å². The van der Waals surface area contributed by atoms with Crippen LogP contribution in [0.4, 0.5) is 0 Å². The largest absolute Gasteiger partial charge is 0.235 e. The average Bonchev–Trinajstić information content (AvgIpc) is 2.37. The van der Waals surface area contributed by atoms with Gasteiger partial charge in [0.1, 0.15) is 11.6 Å². The third kappa shape index (κ3) is 1.74. The smallest absolute Gasteiger partial charge is 0.211 e. The maximum absolute atomic E-state index is 10.7. The maximum atomic E-state index is 10.7. The fourth-order valence-corrected chi connectivity index (χ4v) is 2.36. The molecular weight excluding hydrogens is 228 g/mol. The van der Waals surface area contributed by atoms with Crippen molar-refractivity contribution in [2.24, 2.45) is 9.98 Å². The van der Waals surface area contributed by atoms with Gasteiger partial charge in [0, 0.05) is 0 Å². The van der Waals surface area contributed by atoms with Crippen molar-refractivity contribution >= 4 is 17.7 Å². The van der Waals surface area contributed by atoms with Gasteiger partial charge in [-0.15, -0.1) is 0 Å². The molecule has 0 heterocycles. The predicted octanol–water partition coefficient (Wildman–Crippen LogP) is 2.36. The first-order chi connectivity index (χ1) is 8.63. The van der Waals surface area contributed by atoms with Crippen LogP contribution < -0.4 is 0 Å². The lowest BCUT2D eigenvalue weighted by Gasteiger charge is -2.34. The number of benzene rings is 1. The van der Waals surface area contributed by atoms with Crippen LogP contribution in [0.3, 0.4) is 0 Å². The molecule has 2 unspecified atom stereocenters. The van der Waals surface area contributed by atoms with Gasteiger partial charge in [-0.1, -0.05) is 30.3 Å². The third-order valence-corrected chi connectivity index (χ3v) is 3.35. The van der Waals surface area contributed by atoms with Crippen LogP contribution >= 0.6 is 0 Å². The minimum atomic E-state index is -0.894. The normalized spacial score (nSPS) is 25.2. The number of rotatable bonds is 2. The summed E-state index contributed by atoms with van der Waals surface area (Å²) in [6, 6.07) is 7.12. The van der Waals surface area contributed by atoms with Crippen molar-refractivity contribution in [2.45, 2.75) is 25.4 Å². The van der Waals surface area contributed by atoms with E-state index in [0.29, 0.717) is 0 Å². The monoisotopic (exact) mass is 240 g/mol. The zero-order valence-corrected chi connectivity index (χ0v) is 10.2. The number of aliphatic imine (C=N–C) groups is 2. The number of hydrogen-bond acceptors (Lipinski definition) is 4. The summed E-state index contributed by atoms with van der Waals surface area (Å²) in [4.78, 5) is 28.8. The summed E-state index contributed by atoms with van der Waals surface area (Å²) in [5.74, 6) is 0. The second kappa shape index (κ2) is 4.53. The molecule has 0 spiro atoms. The first-order valence-electron chi connectivity index (χ1n) is 5.58. The van der Waals surface area contributed by atoms with E-state index in [0.717, 1.165) is 16.7 Å². The van der Waals surface area contributed by atoms with Gasteiger partial charge in [0.2, 0.25) is 12.2 Å². The van der Waals surface area contributed by atoms with E-state index in [9.17, 15) is 9.59 Å². The molecule has 0 radical (unpaired) electrons. The maximum Gasteiger partial charge on any atom is 0.235 e. The molecule has 2 atom stereocenters. The Morgan fingerprint density at radius 1 is 1.22 bits per heavy atom. The second-order valence-corrected chi connectivity index (χ2v) is 4.41. The molecule has 0 fully saturated rings. The number of carbonyl (C=O) groups excluding carboxylic acids is 2. The molecule has 0 saturated heterocycles. The Labute approximate surface area is 105 Å². The van der Waals surface area contributed by atoms with E-state index in [1.54, 1.807) is 19.1 Å². The minimum absolute atomic E-state index is 0.522. The molecule has 1 aliphatic carbocycles. The van der Waals surface area contributed by atoms with Crippen LogP contribution in [0.5, 0.6) is 0 Å². The lowest BCUT2D eigenvalue weighted by atomic mass is 9.76. The van der Waals surface area contributed by atoms with Gasteiger partial charge in [-0.2, -0.15) is 9.98 Å². The highest BCUT2D eigenvalue weighted by Crippen LogP contribution is 2.41. The summed E-state index contributed by atoms with van der Waals surface area (Å²) in [6.07, 6.45) is 4.95. The van der Waals surface area contributed by atoms with Crippen LogP contribution in [-0.4, -0.2) is 18.2 Å². The fourth-order valence-electron chi connectivity index (χ4n) is 2.36. The highest BCUT2D eigenvalue weighted by atomic mass is 16.1. The Hall–Kier alpha value is -2.28. The third-order valence-electron chi connectivity index (χ3n) is 3.35. The van der Waals surface area contributed by atoms with Gasteiger partial charge in [-0.25, -0.2) is 9.59 Å². The van der Waals surface area contributed by atoms with E-state index in [1.165, 1.54) is 0 Å². The van der Waals surface area contributed by atoms with Gasteiger partial charge >= 0.3 is 0 Å². The first-order valence-corrected chi connectivity index (χ1v) is 5.58. The summed E-state index contributed by atoms with van der Waals surface area (Å²) in [6.45, 7) is 3.71. The van der Waals surface area contributed by atoms with Crippen molar-refractivity contribution in [3.8, 4) is 0 Å². The molecule has 1 aromatic carbocycles. The molecule has 0 amide bonds. The SMILES string of the molecule is CC1=CC(N=C=O)C(C)(N=C=O)c2ccccc21. The van der Waals surface area contributed by atoms with E-state index in [-0.39, 0.29) is 0 Å². The Bertz CT molecular complexity index is 608. The molecular formula is C14H12N2O2. The van der Waals surface area contributed by atoms with Crippen LogP contribution in [-0.2, 0) is 15.1 Å². The molecule has 0 bridgehead atoms. The lowest BCUT2D eigenvalue weighted by Crippen LogP contribution is -2.35. The molecule has 2 rings (SSSR count). The van der Waals surface area contributed by atoms with E-state index in [1.807, 2.05) is 37.3 Å². The van der Waals surface area contributed by atoms with Crippen molar-refractivity contribution in [1.29, 1.82) is 0 Å². The number of hydrogen-bond donors (Lipinski definition) is 0. The van der Waals surface area contributed by atoms with Gasteiger partial charge < -0.3 is 0 Å². The Morgan fingerprint density at radius 3 is 2.61 bits per heavy atom. The topological polar surface area (TPSA) is 58.9 Å². The van der Waals surface area contributed by atoms with Crippen molar-refractivity contribution in [2.75, 3.05) is 0 Å². The molecule has 0 aromatic heterocycles. The molecule has 0 saturated carbocycles. The van der Waals surface area contributed by atoms with Crippen LogP contribution in [0.15, 0.2) is 40.3 Å². The lowest BCUT2D eigenvalue weighted by molar-refractivity contribution is 0.429. The number of fused-ring (bicyclic) bond motifs is 1. The summed E-state index contributed by atoms with van der Waals surface area (Å²) in [5, 5.41) is 0. The predicted molar refractivity (Wildman–Crippen MR) is 67.5 cm³/mol. The van der Waals surface area contributed by atoms with Crippen LogP contribution in [0.25, 0.3) is 5.57 Å². The summed E-state index contributed by atoms with van der Waals surface area (Å²) in [7, 11) is 0. The Kier molecular flexibility index (Phi) is 3.07. The van der Waals surface area contributed by atoms with Gasteiger partial charge in [-0.05, 0) is 30.5 Å². The molecule has 4 nitrogen and oxygen atoms in total. The quantitative estimate of drug-likeness (QED) is 0.588. The minimum Gasteiger partial charge on any atom is -0.211 e. The highest BCUT2D eigenvalue weighted by Gasteiger charge is 2.39. The Morgan fingerprint density at radius 2 is 1.94 bits per heavy atom. The molecule has 1 aliphatic rings. The van der Waals surface area contributed by atoms with E-state index in [4.69, 9.17) is 0 Å². The standard InChI is InChI=1S/C14H12N2O2/c1-10-7-13(15-8-17)14(2,16-9-18)12-6-4-3-5-11(10)12/h3-7,13H,1-2H3. The zero-order chi connectivity index (χ0) is 13.2. The number of allylic oxidation sites excluding steroid dienone is 1. The second-order valence-electron chi connectivity index (χ2n) is 4.41. The zero-order valence-electron chi connectivity index (χ0n) is 10.2. The average molecular weight is 240 g/mol. The van der Waals surface area contributed by atoms with E-state index >= 15 is 0 Å². The van der Waals surface area contributed by atoms with Gasteiger partial charge in [0.15, 0.2) is 0 Å². The van der Waals surface area contributed by atoms with Crippen molar-refractivity contribution in [1.82, 2.24) is 0 Å². The summed E-state index contributed by atoms with van der Waals surface area (Å²) in [5.41, 5.74) is 2.00. The molecule has 4 heteroatoms. The molecule has 0 aliphatic heterocycles. The Balaban J connectivity index is 2.74. The summed E-state index contributed by atoms with van der Waals surface area (Å²) < 4.78 is 0. The van der Waals surface area contributed by atoms with Crippen LogP contribution in [0.2, 0.25) is 0 Å². The van der Waals surface area contributed by atoms with Crippen molar-refractivity contribution < 1.29 is 9.59 Å². The van der Waals surface area contributed by atoms with E-state index < -0.39 is 11.6 Å². The molecule has 90 valence electrons. The van der Waals surface area contributed by atoms with Crippen LogP contribution in [0.1, 0.15) is 25.0 Å². The van der Waals surface area contributed by atoms with E-state index in [2.05, 4.69) is 9.98 Å². The van der Waals surface area contributed by atoms with Gasteiger partial charge in [0.25, 0.3) is 0 Å². The molecule has 18 heavy (non-hydrogen) atoms. The summed E-state index contributed by atoms with van der Waals surface area (Å²) >= 11 is 0. The van der Waals surface area contributed by atoms with Crippen LogP contribution in [0, 0.1) is 0 Å². The van der Waals surface area contributed by atoms with Gasteiger partial charge in [0.05, 0.1) is 0 Å². The number of isocyanates is 2. The van der Waals surface area contributed by atoms with Gasteiger partial charge in [-0.3, -0.25) is 0 Å². The fraction of sp³-hybridized carbons (Fsp3) is 0.286. The first kappa shape index (κ1) is 12.2. The van der Waals surface area contributed by atoms with Crippen molar-refractivity contribution in [3.63, 3.8) is 0 Å². The highest BCUT2D eigenvalue weighted by molar-refractivity contribution is 5.72. The molecule has 1 aromatic rings. The molecule has 0 N–H and O–H groups in total. The number of nitrogens with zero attached hydrogens (tertiary/aromatic N) is 2.